The van der Waals surface area contributed by atoms with Crippen molar-refractivity contribution in [3.8, 4) is 0 Å². The number of likely N-dealkylation sites (tertiary alicyclic amines) is 1. The van der Waals surface area contributed by atoms with Crippen LogP contribution in [0.1, 0.15) is 82.1 Å². The molecule has 0 aliphatic carbocycles. The summed E-state index contributed by atoms with van der Waals surface area (Å²) in [4.78, 5) is 20.3. The van der Waals surface area contributed by atoms with E-state index in [0.717, 1.165) is 63.5 Å². The Hall–Kier alpha value is -1.81. The van der Waals surface area contributed by atoms with Crippen LogP contribution >= 0.6 is 0 Å². The molecule has 0 unspecified atom stereocenters. The highest BCUT2D eigenvalue weighted by molar-refractivity contribution is 5.96. The minimum atomic E-state index is 0.200. The standard InChI is InChI=1S/C27H43N3O/c1-6-7-8-15-28(5)26-12-11-23(27(31)29-17-13-22(4)14-18-29)19-25(26)24-10-9-16-30(20-24)21(2)3/h10-12,19,21-22H,6-9,13-18,20H2,1-5H3. The summed E-state index contributed by atoms with van der Waals surface area (Å²) in [6.07, 6.45) is 9.40. The fourth-order valence-electron chi connectivity index (χ4n) is 4.78. The van der Waals surface area contributed by atoms with Crippen molar-refractivity contribution < 1.29 is 4.79 Å². The van der Waals surface area contributed by atoms with E-state index in [-0.39, 0.29) is 5.91 Å². The third kappa shape index (κ3) is 6.12. The van der Waals surface area contributed by atoms with E-state index in [4.69, 9.17) is 0 Å². The second-order valence-electron chi connectivity index (χ2n) is 9.92. The lowest BCUT2D eigenvalue weighted by atomic mass is 9.94. The molecule has 0 spiro atoms. The van der Waals surface area contributed by atoms with Gasteiger partial charge >= 0.3 is 0 Å². The predicted octanol–water partition coefficient (Wildman–Crippen LogP) is 5.68. The summed E-state index contributed by atoms with van der Waals surface area (Å²) < 4.78 is 0. The first-order valence-corrected chi connectivity index (χ1v) is 12.5. The molecule has 0 radical (unpaired) electrons. The van der Waals surface area contributed by atoms with Crippen molar-refractivity contribution in [2.24, 2.45) is 5.92 Å². The van der Waals surface area contributed by atoms with Crippen molar-refractivity contribution in [3.63, 3.8) is 0 Å². The number of hydrogen-bond acceptors (Lipinski definition) is 3. The number of benzene rings is 1. The summed E-state index contributed by atoms with van der Waals surface area (Å²) in [5.74, 6) is 0.929. The number of rotatable bonds is 8. The number of carbonyl (C=O) groups excluding carboxylic acids is 1. The molecule has 1 fully saturated rings. The van der Waals surface area contributed by atoms with Gasteiger partial charge in [-0.05, 0) is 69.2 Å². The smallest absolute Gasteiger partial charge is 0.253 e. The molecule has 2 heterocycles. The summed E-state index contributed by atoms with van der Waals surface area (Å²) in [5, 5.41) is 0. The number of unbranched alkanes of at least 4 members (excludes halogenated alkanes) is 2. The summed E-state index contributed by atoms with van der Waals surface area (Å²) in [6.45, 7) is 14.0. The number of anilines is 1. The highest BCUT2D eigenvalue weighted by Gasteiger charge is 2.24. The lowest BCUT2D eigenvalue weighted by Gasteiger charge is -2.33. The Labute approximate surface area is 190 Å². The number of nitrogens with zero attached hydrogens (tertiary/aromatic N) is 3. The number of hydrogen-bond donors (Lipinski definition) is 0. The minimum absolute atomic E-state index is 0.200. The van der Waals surface area contributed by atoms with Crippen LogP contribution in [0.15, 0.2) is 24.3 Å². The maximum atomic E-state index is 13.3. The molecule has 0 atom stereocenters. The molecule has 1 amide bonds. The average Bonchev–Trinajstić information content (AvgIpc) is 2.79. The van der Waals surface area contributed by atoms with Crippen LogP contribution in [-0.4, -0.2) is 61.5 Å². The molecule has 172 valence electrons. The molecule has 0 bridgehead atoms. The van der Waals surface area contributed by atoms with Crippen LogP contribution in [0.4, 0.5) is 5.69 Å². The van der Waals surface area contributed by atoms with Gasteiger partial charge in [0.25, 0.3) is 5.91 Å². The fourth-order valence-corrected chi connectivity index (χ4v) is 4.78. The molecule has 3 rings (SSSR count). The van der Waals surface area contributed by atoms with Gasteiger partial charge in [0.15, 0.2) is 0 Å². The summed E-state index contributed by atoms with van der Waals surface area (Å²) in [6, 6.07) is 6.96. The lowest BCUT2D eigenvalue weighted by molar-refractivity contribution is 0.0697. The van der Waals surface area contributed by atoms with Crippen molar-refractivity contribution in [1.29, 1.82) is 0 Å². The Morgan fingerprint density at radius 2 is 1.90 bits per heavy atom. The topological polar surface area (TPSA) is 26.8 Å². The number of piperidine rings is 1. The molecular weight excluding hydrogens is 382 g/mol. The highest BCUT2D eigenvalue weighted by Crippen LogP contribution is 2.32. The first kappa shape index (κ1) is 23.8. The van der Waals surface area contributed by atoms with Crippen molar-refractivity contribution in [3.05, 3.63) is 35.4 Å². The Balaban J connectivity index is 1.89. The van der Waals surface area contributed by atoms with Gasteiger partial charge in [0.1, 0.15) is 0 Å². The van der Waals surface area contributed by atoms with E-state index in [1.165, 1.54) is 36.1 Å². The molecule has 4 heteroatoms. The lowest BCUT2D eigenvalue weighted by Crippen LogP contribution is -2.38. The van der Waals surface area contributed by atoms with Crippen molar-refractivity contribution in [2.45, 2.75) is 72.3 Å². The highest BCUT2D eigenvalue weighted by atomic mass is 16.2. The Morgan fingerprint density at radius 3 is 2.58 bits per heavy atom. The van der Waals surface area contributed by atoms with Crippen molar-refractivity contribution in [2.75, 3.05) is 44.7 Å². The average molecular weight is 426 g/mol. The Morgan fingerprint density at radius 1 is 1.16 bits per heavy atom. The summed E-state index contributed by atoms with van der Waals surface area (Å²) >= 11 is 0. The van der Waals surface area contributed by atoms with Crippen molar-refractivity contribution in [1.82, 2.24) is 9.80 Å². The van der Waals surface area contributed by atoms with Crippen LogP contribution in [0.2, 0.25) is 0 Å². The van der Waals surface area contributed by atoms with Gasteiger partial charge in [-0.15, -0.1) is 0 Å². The monoisotopic (exact) mass is 425 g/mol. The second-order valence-corrected chi connectivity index (χ2v) is 9.92. The van der Waals surface area contributed by atoms with Gasteiger partial charge in [0.2, 0.25) is 0 Å². The zero-order valence-electron chi connectivity index (χ0n) is 20.5. The Kier molecular flexibility index (Phi) is 8.59. The normalized spacial score (nSPS) is 18.4. The molecule has 0 aromatic heterocycles. The van der Waals surface area contributed by atoms with Gasteiger partial charge in [0, 0.05) is 62.6 Å². The third-order valence-electron chi connectivity index (χ3n) is 7.08. The fraction of sp³-hybridized carbons (Fsp3) is 0.667. The van der Waals surface area contributed by atoms with Gasteiger partial charge in [-0.2, -0.15) is 0 Å². The van der Waals surface area contributed by atoms with Gasteiger partial charge in [-0.3, -0.25) is 9.69 Å². The molecule has 4 nitrogen and oxygen atoms in total. The maximum absolute atomic E-state index is 13.3. The number of amides is 1. The summed E-state index contributed by atoms with van der Waals surface area (Å²) in [7, 11) is 2.20. The van der Waals surface area contributed by atoms with Gasteiger partial charge < -0.3 is 9.80 Å². The minimum Gasteiger partial charge on any atom is -0.374 e. The molecule has 2 aliphatic rings. The molecule has 1 saturated heterocycles. The van der Waals surface area contributed by atoms with Gasteiger partial charge in [-0.25, -0.2) is 0 Å². The Bertz CT molecular complexity index is 762. The molecule has 1 aromatic rings. The van der Waals surface area contributed by atoms with Crippen LogP contribution in [-0.2, 0) is 0 Å². The van der Waals surface area contributed by atoms with E-state index < -0.39 is 0 Å². The zero-order chi connectivity index (χ0) is 22.4. The molecule has 31 heavy (non-hydrogen) atoms. The first-order chi connectivity index (χ1) is 14.9. The van der Waals surface area contributed by atoms with E-state index in [2.05, 4.69) is 73.7 Å². The van der Waals surface area contributed by atoms with Crippen LogP contribution in [0.5, 0.6) is 0 Å². The second kappa shape index (κ2) is 11.2. The molecule has 0 N–H and O–H groups in total. The van der Waals surface area contributed by atoms with Crippen LogP contribution < -0.4 is 4.90 Å². The molecular formula is C27H43N3O. The van der Waals surface area contributed by atoms with Crippen LogP contribution in [0.3, 0.4) is 0 Å². The number of carbonyl (C=O) groups is 1. The van der Waals surface area contributed by atoms with E-state index in [9.17, 15) is 4.79 Å². The maximum Gasteiger partial charge on any atom is 0.253 e. The predicted molar refractivity (Wildman–Crippen MR) is 133 cm³/mol. The molecule has 0 saturated carbocycles. The van der Waals surface area contributed by atoms with Gasteiger partial charge in [0.05, 0.1) is 0 Å². The first-order valence-electron chi connectivity index (χ1n) is 12.5. The zero-order valence-corrected chi connectivity index (χ0v) is 20.5. The summed E-state index contributed by atoms with van der Waals surface area (Å²) in [5.41, 5.74) is 4.73. The largest absolute Gasteiger partial charge is 0.374 e. The third-order valence-corrected chi connectivity index (χ3v) is 7.08. The molecule has 2 aliphatic heterocycles. The van der Waals surface area contributed by atoms with E-state index >= 15 is 0 Å². The van der Waals surface area contributed by atoms with Gasteiger partial charge in [-0.1, -0.05) is 32.8 Å². The van der Waals surface area contributed by atoms with E-state index in [1.54, 1.807) is 0 Å². The van der Waals surface area contributed by atoms with Crippen molar-refractivity contribution >= 4 is 17.2 Å². The molecule has 1 aromatic carbocycles. The van der Waals surface area contributed by atoms with Crippen LogP contribution in [0, 0.1) is 5.92 Å². The van der Waals surface area contributed by atoms with E-state index in [1.807, 2.05) is 0 Å². The quantitative estimate of drug-likeness (QED) is 0.501. The SMILES string of the molecule is CCCCCN(C)c1ccc(C(=O)N2CCC(C)CC2)cc1C1=CCCN(C(C)C)C1. The van der Waals surface area contributed by atoms with E-state index in [0.29, 0.717) is 6.04 Å². The van der Waals surface area contributed by atoms with Crippen LogP contribution in [0.25, 0.3) is 5.57 Å².